The lowest BCUT2D eigenvalue weighted by Crippen LogP contribution is -2.21. The number of anilines is 1. The Bertz CT molecular complexity index is 787. The van der Waals surface area contributed by atoms with Crippen LogP contribution in [0.2, 0.25) is 0 Å². The topological polar surface area (TPSA) is 81.7 Å². The first-order valence-electron chi connectivity index (χ1n) is 8.25. The van der Waals surface area contributed by atoms with Crippen molar-refractivity contribution in [3.63, 3.8) is 0 Å². The minimum atomic E-state index is -0.454. The normalized spacial score (nSPS) is 10.1. The summed E-state index contributed by atoms with van der Waals surface area (Å²) in [5, 5.41) is 2.59. The molecular formula is C20H21NO5S. The van der Waals surface area contributed by atoms with E-state index in [-0.39, 0.29) is 12.4 Å². The van der Waals surface area contributed by atoms with Crippen molar-refractivity contribution in [1.82, 2.24) is 0 Å². The summed E-state index contributed by atoms with van der Waals surface area (Å²) in [5.74, 6) is -0.464. The maximum absolute atomic E-state index is 11.8. The van der Waals surface area contributed by atoms with Gasteiger partial charge in [-0.05, 0) is 36.8 Å². The summed E-state index contributed by atoms with van der Waals surface area (Å²) in [6.45, 7) is 1.66. The molecule has 0 aliphatic carbocycles. The number of aryl methyl sites for hydroxylation is 1. The minimum Gasteiger partial charge on any atom is -0.465 e. The van der Waals surface area contributed by atoms with E-state index in [2.05, 4.69) is 10.1 Å². The smallest absolute Gasteiger partial charge is 0.337 e. The Balaban J connectivity index is 1.67. The van der Waals surface area contributed by atoms with Gasteiger partial charge in [0.1, 0.15) is 0 Å². The number of ether oxygens (including phenoxy) is 2. The molecule has 1 N–H and O–H groups in total. The van der Waals surface area contributed by atoms with E-state index in [1.807, 2.05) is 31.2 Å². The number of hydrogen-bond donors (Lipinski definition) is 1. The second kappa shape index (κ2) is 10.4. The Labute approximate surface area is 162 Å². The van der Waals surface area contributed by atoms with Crippen LogP contribution < -0.4 is 5.32 Å². The molecule has 2 aromatic carbocycles. The molecule has 0 unspecified atom stereocenters. The number of carbonyl (C=O) groups is 3. The number of rotatable bonds is 8. The van der Waals surface area contributed by atoms with Gasteiger partial charge in [0.05, 0.1) is 18.4 Å². The zero-order valence-corrected chi connectivity index (χ0v) is 16.0. The molecule has 0 saturated heterocycles. The molecule has 1 amide bonds. The molecule has 0 spiro atoms. The molecule has 0 saturated carbocycles. The van der Waals surface area contributed by atoms with Crippen LogP contribution in [0.25, 0.3) is 0 Å². The summed E-state index contributed by atoms with van der Waals surface area (Å²) < 4.78 is 9.57. The van der Waals surface area contributed by atoms with Crippen molar-refractivity contribution in [3.05, 3.63) is 65.2 Å². The number of methoxy groups -OCH3 is 1. The standard InChI is InChI=1S/C20H21NO5S/c1-14-3-5-15(6-4-14)12-27-13-19(23)26-11-18(22)21-17-9-7-16(8-10-17)20(24)25-2/h3-10H,11-13H2,1-2H3,(H,21,22). The summed E-state index contributed by atoms with van der Waals surface area (Å²) in [7, 11) is 1.30. The lowest BCUT2D eigenvalue weighted by Gasteiger charge is -2.07. The first-order chi connectivity index (χ1) is 13.0. The van der Waals surface area contributed by atoms with Crippen molar-refractivity contribution < 1.29 is 23.9 Å². The molecule has 27 heavy (non-hydrogen) atoms. The third kappa shape index (κ3) is 7.15. The van der Waals surface area contributed by atoms with E-state index in [9.17, 15) is 14.4 Å². The van der Waals surface area contributed by atoms with Crippen LogP contribution in [-0.2, 0) is 24.8 Å². The molecule has 0 aliphatic rings. The molecule has 0 fully saturated rings. The fraction of sp³-hybridized carbons (Fsp3) is 0.250. The lowest BCUT2D eigenvalue weighted by atomic mass is 10.2. The van der Waals surface area contributed by atoms with Crippen molar-refractivity contribution in [2.45, 2.75) is 12.7 Å². The molecule has 0 aromatic heterocycles. The van der Waals surface area contributed by atoms with E-state index in [1.165, 1.54) is 36.6 Å². The molecule has 6 nitrogen and oxygen atoms in total. The van der Waals surface area contributed by atoms with Gasteiger partial charge >= 0.3 is 11.9 Å². The van der Waals surface area contributed by atoms with Crippen molar-refractivity contribution in [3.8, 4) is 0 Å². The molecular weight excluding hydrogens is 366 g/mol. The highest BCUT2D eigenvalue weighted by molar-refractivity contribution is 7.99. The maximum Gasteiger partial charge on any atom is 0.337 e. The maximum atomic E-state index is 11.8. The van der Waals surface area contributed by atoms with Crippen molar-refractivity contribution in [2.75, 3.05) is 24.8 Å². The molecule has 7 heteroatoms. The van der Waals surface area contributed by atoms with E-state index in [1.54, 1.807) is 12.1 Å². The Morgan fingerprint density at radius 1 is 1.00 bits per heavy atom. The van der Waals surface area contributed by atoms with Gasteiger partial charge in [-0.1, -0.05) is 29.8 Å². The summed E-state index contributed by atoms with van der Waals surface area (Å²) in [4.78, 5) is 34.9. The summed E-state index contributed by atoms with van der Waals surface area (Å²) in [6, 6.07) is 14.3. The minimum absolute atomic E-state index is 0.176. The van der Waals surface area contributed by atoms with Crippen LogP contribution in [0.1, 0.15) is 21.5 Å². The third-order valence-electron chi connectivity index (χ3n) is 3.56. The van der Waals surface area contributed by atoms with Gasteiger partial charge in [0.15, 0.2) is 6.61 Å². The fourth-order valence-electron chi connectivity index (χ4n) is 2.13. The quantitative estimate of drug-likeness (QED) is 0.701. The molecule has 0 aliphatic heterocycles. The Hall–Kier alpha value is -2.80. The second-order valence-electron chi connectivity index (χ2n) is 5.76. The fourth-order valence-corrected chi connectivity index (χ4v) is 2.91. The predicted molar refractivity (Wildman–Crippen MR) is 105 cm³/mol. The Kier molecular flexibility index (Phi) is 7.88. The van der Waals surface area contributed by atoms with E-state index in [0.29, 0.717) is 17.0 Å². The highest BCUT2D eigenvalue weighted by atomic mass is 32.2. The molecule has 0 atom stereocenters. The number of esters is 2. The molecule has 2 rings (SSSR count). The van der Waals surface area contributed by atoms with Crippen LogP contribution in [0.4, 0.5) is 5.69 Å². The van der Waals surface area contributed by atoms with Crippen molar-refractivity contribution in [1.29, 1.82) is 0 Å². The molecule has 0 bridgehead atoms. The number of benzene rings is 2. The van der Waals surface area contributed by atoms with E-state index < -0.39 is 17.8 Å². The molecule has 0 heterocycles. The third-order valence-corrected chi connectivity index (χ3v) is 4.54. The summed E-state index contributed by atoms with van der Waals surface area (Å²) >= 11 is 1.43. The largest absolute Gasteiger partial charge is 0.465 e. The van der Waals surface area contributed by atoms with Gasteiger partial charge in [-0.25, -0.2) is 4.79 Å². The van der Waals surface area contributed by atoms with Gasteiger partial charge < -0.3 is 14.8 Å². The average Bonchev–Trinajstić information content (AvgIpc) is 2.68. The van der Waals surface area contributed by atoms with Crippen LogP contribution in [0.15, 0.2) is 48.5 Å². The predicted octanol–water partition coefficient (Wildman–Crippen LogP) is 3.20. The highest BCUT2D eigenvalue weighted by Gasteiger charge is 2.09. The SMILES string of the molecule is COC(=O)c1ccc(NC(=O)COC(=O)CSCc2ccc(C)cc2)cc1. The second-order valence-corrected chi connectivity index (χ2v) is 6.74. The first kappa shape index (κ1) is 20.5. The lowest BCUT2D eigenvalue weighted by molar-refractivity contribution is -0.144. The van der Waals surface area contributed by atoms with Crippen LogP contribution in [0, 0.1) is 6.92 Å². The number of hydrogen-bond acceptors (Lipinski definition) is 6. The monoisotopic (exact) mass is 387 g/mol. The van der Waals surface area contributed by atoms with E-state index >= 15 is 0 Å². The highest BCUT2D eigenvalue weighted by Crippen LogP contribution is 2.13. The van der Waals surface area contributed by atoms with Crippen LogP contribution in [-0.4, -0.2) is 37.3 Å². The Morgan fingerprint density at radius 2 is 1.67 bits per heavy atom. The summed E-state index contributed by atoms with van der Waals surface area (Å²) in [5.41, 5.74) is 3.20. The van der Waals surface area contributed by atoms with Gasteiger partial charge in [0.25, 0.3) is 5.91 Å². The summed E-state index contributed by atoms with van der Waals surface area (Å²) in [6.07, 6.45) is 0. The van der Waals surface area contributed by atoms with Gasteiger partial charge in [0.2, 0.25) is 0 Å². The molecule has 142 valence electrons. The van der Waals surface area contributed by atoms with E-state index in [0.717, 1.165) is 5.56 Å². The van der Waals surface area contributed by atoms with Gasteiger partial charge in [-0.2, -0.15) is 0 Å². The zero-order valence-electron chi connectivity index (χ0n) is 15.2. The Morgan fingerprint density at radius 3 is 2.30 bits per heavy atom. The first-order valence-corrected chi connectivity index (χ1v) is 9.40. The van der Waals surface area contributed by atoms with Crippen LogP contribution in [0.3, 0.4) is 0 Å². The van der Waals surface area contributed by atoms with E-state index in [4.69, 9.17) is 4.74 Å². The molecule has 2 aromatic rings. The zero-order chi connectivity index (χ0) is 19.6. The number of amides is 1. The van der Waals surface area contributed by atoms with Crippen molar-refractivity contribution in [2.24, 2.45) is 0 Å². The van der Waals surface area contributed by atoms with Crippen LogP contribution >= 0.6 is 11.8 Å². The van der Waals surface area contributed by atoms with Gasteiger partial charge in [-0.3, -0.25) is 9.59 Å². The number of thioether (sulfide) groups is 1. The van der Waals surface area contributed by atoms with Crippen LogP contribution in [0.5, 0.6) is 0 Å². The number of carbonyl (C=O) groups excluding carboxylic acids is 3. The number of nitrogens with one attached hydrogen (secondary N) is 1. The van der Waals surface area contributed by atoms with Gasteiger partial charge in [0, 0.05) is 11.4 Å². The average molecular weight is 387 g/mol. The molecule has 0 radical (unpaired) electrons. The van der Waals surface area contributed by atoms with Gasteiger partial charge in [-0.15, -0.1) is 11.8 Å². The van der Waals surface area contributed by atoms with Crippen molar-refractivity contribution >= 4 is 35.3 Å².